The van der Waals surface area contributed by atoms with Crippen LogP contribution in [-0.2, 0) is 9.59 Å². The maximum Gasteiger partial charge on any atom is 0.248 e. The molecule has 1 fully saturated rings. The summed E-state index contributed by atoms with van der Waals surface area (Å²) in [5.41, 5.74) is 0.609. The highest BCUT2D eigenvalue weighted by atomic mass is 16.2. The predicted octanol–water partition coefficient (Wildman–Crippen LogP) is -0.202. The molecule has 0 aromatic heterocycles. The first-order chi connectivity index (χ1) is 5.29. The molecule has 0 aromatic carbocycles. The van der Waals surface area contributed by atoms with Crippen LogP contribution >= 0.6 is 0 Å². The molecule has 0 bridgehead atoms. The molecule has 56 valence electrons. The Bertz CT molecular complexity index is 286. The maximum atomic E-state index is 11.1. The van der Waals surface area contributed by atoms with Gasteiger partial charge in [0.15, 0.2) is 5.78 Å². The van der Waals surface area contributed by atoms with E-state index in [9.17, 15) is 9.59 Å². The van der Waals surface area contributed by atoms with E-state index in [0.717, 1.165) is 0 Å². The van der Waals surface area contributed by atoms with Crippen molar-refractivity contribution in [3.63, 3.8) is 0 Å². The van der Waals surface area contributed by atoms with Crippen molar-refractivity contribution < 1.29 is 9.59 Å². The van der Waals surface area contributed by atoms with Gasteiger partial charge in [-0.05, 0) is 6.08 Å². The zero-order valence-corrected chi connectivity index (χ0v) is 5.83. The summed E-state index contributed by atoms with van der Waals surface area (Å²) in [5.74, 6) is -0.291. The Labute approximate surface area is 63.8 Å². The Kier molecular flexibility index (Phi) is 1.18. The number of hydrogen-bond donors (Lipinski definition) is 1. The molecule has 1 saturated heterocycles. The average Bonchev–Trinajstić information content (AvgIpc) is 2.35. The summed E-state index contributed by atoms with van der Waals surface area (Å²) in [6.07, 6.45) is 4.84. The number of nitrogens with one attached hydrogen (secondary N) is 1. The normalized spacial score (nSPS) is 28.0. The van der Waals surface area contributed by atoms with Crippen molar-refractivity contribution in [1.29, 1.82) is 0 Å². The molecule has 0 aromatic rings. The third-order valence-electron chi connectivity index (χ3n) is 1.98. The van der Waals surface area contributed by atoms with Crippen molar-refractivity contribution in [2.45, 2.75) is 0 Å². The molecular formula is C8H7NO2. The molecule has 2 rings (SSSR count). The van der Waals surface area contributed by atoms with Gasteiger partial charge < -0.3 is 5.32 Å². The lowest BCUT2D eigenvalue weighted by atomic mass is 9.93. The first-order valence-electron chi connectivity index (χ1n) is 3.49. The number of ketones is 1. The highest BCUT2D eigenvalue weighted by molar-refractivity contribution is 6.08. The van der Waals surface area contributed by atoms with Gasteiger partial charge in [0.25, 0.3) is 0 Å². The summed E-state index contributed by atoms with van der Waals surface area (Å²) < 4.78 is 0. The average molecular weight is 149 g/mol. The molecule has 1 aliphatic carbocycles. The van der Waals surface area contributed by atoms with Gasteiger partial charge >= 0.3 is 0 Å². The van der Waals surface area contributed by atoms with Crippen LogP contribution in [0.2, 0.25) is 0 Å². The van der Waals surface area contributed by atoms with Gasteiger partial charge in [-0.25, -0.2) is 0 Å². The molecule has 1 aliphatic heterocycles. The minimum atomic E-state index is -0.215. The van der Waals surface area contributed by atoms with Gasteiger partial charge in [-0.2, -0.15) is 0 Å². The van der Waals surface area contributed by atoms with Gasteiger partial charge in [0.2, 0.25) is 5.91 Å². The van der Waals surface area contributed by atoms with Crippen LogP contribution in [0.1, 0.15) is 0 Å². The monoisotopic (exact) mass is 149 g/mol. The summed E-state index contributed by atoms with van der Waals surface area (Å²) in [5, 5.41) is 2.62. The van der Waals surface area contributed by atoms with Crippen LogP contribution in [-0.4, -0.2) is 18.2 Å². The lowest BCUT2D eigenvalue weighted by molar-refractivity contribution is -0.118. The summed E-state index contributed by atoms with van der Waals surface area (Å²) in [6, 6.07) is 0. The van der Waals surface area contributed by atoms with Crippen molar-refractivity contribution in [1.82, 2.24) is 5.32 Å². The molecular weight excluding hydrogens is 142 g/mol. The third kappa shape index (κ3) is 0.808. The van der Waals surface area contributed by atoms with Crippen LogP contribution in [0.4, 0.5) is 0 Å². The van der Waals surface area contributed by atoms with Crippen LogP contribution in [0.25, 0.3) is 0 Å². The highest BCUT2D eigenvalue weighted by Crippen LogP contribution is 2.21. The van der Waals surface area contributed by atoms with Crippen molar-refractivity contribution in [2.24, 2.45) is 5.92 Å². The molecule has 11 heavy (non-hydrogen) atoms. The van der Waals surface area contributed by atoms with E-state index in [2.05, 4.69) is 5.32 Å². The lowest BCUT2D eigenvalue weighted by Crippen LogP contribution is -2.17. The second kappa shape index (κ2) is 2.05. The molecule has 3 nitrogen and oxygen atoms in total. The van der Waals surface area contributed by atoms with E-state index in [-0.39, 0.29) is 17.6 Å². The third-order valence-corrected chi connectivity index (χ3v) is 1.98. The fraction of sp³-hybridized carbons (Fsp3) is 0.250. The largest absolute Gasteiger partial charge is 0.351 e. The minimum Gasteiger partial charge on any atom is -0.351 e. The van der Waals surface area contributed by atoms with Crippen LogP contribution in [0.3, 0.4) is 0 Å². The van der Waals surface area contributed by atoms with E-state index in [1.165, 1.54) is 6.08 Å². The first-order valence-corrected chi connectivity index (χ1v) is 3.49. The second-order valence-electron chi connectivity index (χ2n) is 2.65. The van der Waals surface area contributed by atoms with Crippen molar-refractivity contribution in [2.75, 3.05) is 6.54 Å². The highest BCUT2D eigenvalue weighted by Gasteiger charge is 2.33. The standard InChI is InChI=1S/C8H7NO2/c10-7-3-1-2-5-6(7)4-9-8(5)11/h1-3,6H,4H2,(H,9,11). The smallest absolute Gasteiger partial charge is 0.248 e. The first kappa shape index (κ1) is 6.34. The van der Waals surface area contributed by atoms with Gasteiger partial charge in [-0.3, -0.25) is 9.59 Å². The maximum absolute atomic E-state index is 11.1. The summed E-state index contributed by atoms with van der Waals surface area (Å²) in [6.45, 7) is 0.466. The molecule has 1 atom stereocenters. The van der Waals surface area contributed by atoms with E-state index >= 15 is 0 Å². The van der Waals surface area contributed by atoms with Crippen molar-refractivity contribution >= 4 is 11.7 Å². The number of rotatable bonds is 0. The van der Waals surface area contributed by atoms with Gasteiger partial charge in [-0.1, -0.05) is 12.2 Å². The Morgan fingerprint density at radius 2 is 2.27 bits per heavy atom. The zero-order chi connectivity index (χ0) is 7.84. The zero-order valence-electron chi connectivity index (χ0n) is 5.83. The molecule has 1 N–H and O–H groups in total. The number of amides is 1. The molecule has 1 amide bonds. The number of allylic oxidation sites excluding steroid dienone is 3. The SMILES string of the molecule is O=C1NCC2C(=O)C=CC=C12. The number of hydrogen-bond acceptors (Lipinski definition) is 2. The van der Waals surface area contributed by atoms with E-state index in [0.29, 0.717) is 12.1 Å². The quantitative estimate of drug-likeness (QED) is 0.518. The summed E-state index contributed by atoms with van der Waals surface area (Å²) in [4.78, 5) is 22.1. The molecule has 1 unspecified atom stereocenters. The van der Waals surface area contributed by atoms with Crippen molar-refractivity contribution in [3.8, 4) is 0 Å². The number of carbonyl (C=O) groups is 2. The molecule has 0 spiro atoms. The van der Waals surface area contributed by atoms with Crippen LogP contribution < -0.4 is 5.32 Å². The second-order valence-corrected chi connectivity index (χ2v) is 2.65. The molecule has 0 radical (unpaired) electrons. The van der Waals surface area contributed by atoms with E-state index in [1.807, 2.05) is 0 Å². The number of fused-ring (bicyclic) bond motifs is 1. The summed E-state index contributed by atoms with van der Waals surface area (Å²) >= 11 is 0. The van der Waals surface area contributed by atoms with Crippen LogP contribution in [0.15, 0.2) is 23.8 Å². The fourth-order valence-electron chi connectivity index (χ4n) is 1.37. The van der Waals surface area contributed by atoms with Crippen LogP contribution in [0, 0.1) is 5.92 Å². The molecule has 1 heterocycles. The van der Waals surface area contributed by atoms with Gasteiger partial charge in [0.1, 0.15) is 0 Å². The number of carbonyl (C=O) groups excluding carboxylic acids is 2. The lowest BCUT2D eigenvalue weighted by Gasteiger charge is -2.06. The van der Waals surface area contributed by atoms with Gasteiger partial charge in [0, 0.05) is 12.1 Å². The molecule has 2 aliphatic rings. The topological polar surface area (TPSA) is 46.2 Å². The van der Waals surface area contributed by atoms with Crippen LogP contribution in [0.5, 0.6) is 0 Å². The van der Waals surface area contributed by atoms with E-state index in [4.69, 9.17) is 0 Å². The molecule has 0 saturated carbocycles. The Hall–Kier alpha value is -1.38. The molecule has 3 heteroatoms. The van der Waals surface area contributed by atoms with E-state index in [1.54, 1.807) is 12.2 Å². The Morgan fingerprint density at radius 1 is 1.45 bits per heavy atom. The summed E-state index contributed by atoms with van der Waals surface area (Å²) in [7, 11) is 0. The Balaban J connectivity index is 2.42. The fourth-order valence-corrected chi connectivity index (χ4v) is 1.37. The minimum absolute atomic E-state index is 0.0286. The predicted molar refractivity (Wildman–Crippen MR) is 38.7 cm³/mol. The Morgan fingerprint density at radius 3 is 3.00 bits per heavy atom. The van der Waals surface area contributed by atoms with E-state index < -0.39 is 0 Å². The van der Waals surface area contributed by atoms with Gasteiger partial charge in [-0.15, -0.1) is 0 Å². The van der Waals surface area contributed by atoms with Gasteiger partial charge in [0.05, 0.1) is 5.92 Å². The van der Waals surface area contributed by atoms with Crippen molar-refractivity contribution in [3.05, 3.63) is 23.8 Å².